The number of amides is 2. The Morgan fingerprint density at radius 1 is 1.09 bits per heavy atom. The second kappa shape index (κ2) is 11.6. The molecule has 0 bridgehead atoms. The van der Waals surface area contributed by atoms with Gasteiger partial charge in [-0.25, -0.2) is 4.79 Å². The van der Waals surface area contributed by atoms with Crippen molar-refractivity contribution in [3.63, 3.8) is 0 Å². The van der Waals surface area contributed by atoms with Crippen LogP contribution in [0.5, 0.6) is 0 Å². The monoisotopic (exact) mass is 513 g/mol. The summed E-state index contributed by atoms with van der Waals surface area (Å²) in [4.78, 5) is 49.5. The fourth-order valence-corrected chi connectivity index (χ4v) is 4.47. The van der Waals surface area contributed by atoms with E-state index in [2.05, 4.69) is 16.7 Å². The summed E-state index contributed by atoms with van der Waals surface area (Å²) in [6.45, 7) is 0. The molecule has 0 fully saturated rings. The van der Waals surface area contributed by atoms with Crippen LogP contribution in [-0.2, 0) is 23.9 Å². The Morgan fingerprint density at radius 3 is 2.31 bits per heavy atom. The number of ether oxygens (including phenoxy) is 2. The Bertz CT molecular complexity index is 1220. The lowest BCUT2D eigenvalue weighted by atomic mass is 9.78. The van der Waals surface area contributed by atoms with E-state index in [4.69, 9.17) is 21.1 Å². The van der Waals surface area contributed by atoms with E-state index in [1.165, 1.54) is 19.2 Å². The standard InChI is InChI=1S/C24H20ClN3O6S/c1-33-23(31)14-5-3-13(4-6-14)19-17(11-26)22(28-21(30)20(19)24(32)34-2)35-12-18(29)27-16-9-7-15(25)8-10-16/h3-10,19-20H,12H2,1-2H3,(H,27,29)(H,28,30)/t19-,20-/m1/s1. The summed E-state index contributed by atoms with van der Waals surface area (Å²) < 4.78 is 9.50. The third-order valence-corrected chi connectivity index (χ3v) is 6.42. The fraction of sp³-hybridized carbons (Fsp3) is 0.208. The van der Waals surface area contributed by atoms with E-state index in [1.54, 1.807) is 36.4 Å². The first kappa shape index (κ1) is 25.8. The lowest BCUT2D eigenvalue weighted by Gasteiger charge is -2.31. The SMILES string of the molecule is COC(=O)c1ccc([C@@H]2C(C#N)=C(SCC(=O)Nc3ccc(Cl)cc3)NC(=O)[C@@H]2C(=O)OC)cc1. The zero-order valence-corrected chi connectivity index (χ0v) is 20.2. The van der Waals surface area contributed by atoms with Crippen LogP contribution in [0.2, 0.25) is 5.02 Å². The van der Waals surface area contributed by atoms with Crippen LogP contribution in [0.1, 0.15) is 21.8 Å². The molecule has 11 heteroatoms. The Labute approximate surface area is 210 Å². The number of hydrogen-bond donors (Lipinski definition) is 2. The van der Waals surface area contributed by atoms with Gasteiger partial charge >= 0.3 is 11.9 Å². The fourth-order valence-electron chi connectivity index (χ4n) is 3.49. The summed E-state index contributed by atoms with van der Waals surface area (Å²) in [5, 5.41) is 15.9. The molecule has 1 aliphatic heterocycles. The predicted octanol–water partition coefficient (Wildman–Crippen LogP) is 3.24. The molecule has 0 radical (unpaired) electrons. The number of carbonyl (C=O) groups excluding carboxylic acids is 4. The minimum atomic E-state index is -1.33. The molecule has 0 unspecified atom stereocenters. The van der Waals surface area contributed by atoms with Gasteiger partial charge in [-0.15, -0.1) is 0 Å². The molecule has 0 saturated heterocycles. The maximum atomic E-state index is 12.9. The van der Waals surface area contributed by atoms with Gasteiger partial charge in [0.15, 0.2) is 0 Å². The zero-order valence-electron chi connectivity index (χ0n) is 18.7. The Kier molecular flexibility index (Phi) is 8.52. The van der Waals surface area contributed by atoms with E-state index in [0.29, 0.717) is 16.3 Å². The molecule has 180 valence electrons. The van der Waals surface area contributed by atoms with Crippen LogP contribution < -0.4 is 10.6 Å². The topological polar surface area (TPSA) is 135 Å². The number of nitrogens with one attached hydrogen (secondary N) is 2. The number of carbonyl (C=O) groups is 4. The highest BCUT2D eigenvalue weighted by Crippen LogP contribution is 2.40. The average molecular weight is 514 g/mol. The van der Waals surface area contributed by atoms with Gasteiger partial charge in [-0.3, -0.25) is 14.4 Å². The van der Waals surface area contributed by atoms with E-state index >= 15 is 0 Å². The number of benzene rings is 2. The number of methoxy groups -OCH3 is 2. The molecule has 2 amide bonds. The van der Waals surface area contributed by atoms with Crippen molar-refractivity contribution in [3.8, 4) is 6.07 Å². The first-order valence-corrected chi connectivity index (χ1v) is 11.5. The maximum absolute atomic E-state index is 12.9. The van der Waals surface area contributed by atoms with Gasteiger partial charge in [0.05, 0.1) is 42.2 Å². The normalized spacial score (nSPS) is 17.1. The summed E-state index contributed by atoms with van der Waals surface area (Å²) in [5.74, 6) is -4.83. The van der Waals surface area contributed by atoms with E-state index in [0.717, 1.165) is 18.9 Å². The largest absolute Gasteiger partial charge is 0.468 e. The molecule has 1 heterocycles. The third kappa shape index (κ3) is 6.01. The third-order valence-electron chi connectivity index (χ3n) is 5.15. The number of allylic oxidation sites excluding steroid dienone is 1. The number of anilines is 1. The first-order chi connectivity index (χ1) is 16.8. The van der Waals surface area contributed by atoms with Crippen molar-refractivity contribution in [3.05, 3.63) is 75.3 Å². The molecule has 0 aliphatic carbocycles. The maximum Gasteiger partial charge on any atom is 0.337 e. The van der Waals surface area contributed by atoms with E-state index in [-0.39, 0.29) is 27.8 Å². The summed E-state index contributed by atoms with van der Waals surface area (Å²) >= 11 is 6.80. The molecule has 3 rings (SSSR count). The molecule has 2 aromatic rings. The molecule has 2 atom stereocenters. The van der Waals surface area contributed by atoms with Crippen molar-refractivity contribution in [1.82, 2.24) is 5.32 Å². The van der Waals surface area contributed by atoms with Crippen LogP contribution >= 0.6 is 23.4 Å². The summed E-state index contributed by atoms with van der Waals surface area (Å²) in [6, 6.07) is 14.6. The smallest absolute Gasteiger partial charge is 0.337 e. The summed E-state index contributed by atoms with van der Waals surface area (Å²) in [5.41, 5.74) is 1.34. The van der Waals surface area contributed by atoms with E-state index in [9.17, 15) is 24.4 Å². The molecule has 0 spiro atoms. The second-order valence-corrected chi connectivity index (χ2v) is 8.70. The van der Waals surface area contributed by atoms with Gasteiger partial charge in [-0.05, 0) is 42.0 Å². The van der Waals surface area contributed by atoms with Crippen molar-refractivity contribution >= 4 is 52.8 Å². The highest BCUT2D eigenvalue weighted by molar-refractivity contribution is 8.03. The number of rotatable bonds is 7. The number of halogens is 1. The van der Waals surface area contributed by atoms with E-state index < -0.39 is 29.7 Å². The van der Waals surface area contributed by atoms with Crippen molar-refractivity contribution in [1.29, 1.82) is 5.26 Å². The van der Waals surface area contributed by atoms with Gasteiger partial charge in [-0.2, -0.15) is 5.26 Å². The molecule has 35 heavy (non-hydrogen) atoms. The Morgan fingerprint density at radius 2 is 1.74 bits per heavy atom. The second-order valence-electron chi connectivity index (χ2n) is 7.28. The summed E-state index contributed by atoms with van der Waals surface area (Å²) in [7, 11) is 2.40. The molecule has 0 saturated carbocycles. The van der Waals surface area contributed by atoms with Crippen molar-refractivity contribution in [2.24, 2.45) is 5.92 Å². The number of nitriles is 1. The lowest BCUT2D eigenvalue weighted by molar-refractivity contribution is -0.150. The van der Waals surface area contributed by atoms with Gasteiger partial charge < -0.3 is 20.1 Å². The Hall–Kier alpha value is -3.81. The van der Waals surface area contributed by atoms with E-state index in [1.807, 2.05) is 0 Å². The van der Waals surface area contributed by atoms with Gasteiger partial charge in [0.25, 0.3) is 0 Å². The Balaban J connectivity index is 1.90. The molecule has 0 aromatic heterocycles. The molecule has 2 aromatic carbocycles. The lowest BCUT2D eigenvalue weighted by Crippen LogP contribution is -2.44. The van der Waals surface area contributed by atoms with Crippen molar-refractivity contribution < 1.29 is 28.7 Å². The van der Waals surface area contributed by atoms with Gasteiger partial charge in [0, 0.05) is 16.6 Å². The van der Waals surface area contributed by atoms with Crippen LogP contribution in [0.4, 0.5) is 5.69 Å². The van der Waals surface area contributed by atoms with Crippen molar-refractivity contribution in [2.75, 3.05) is 25.3 Å². The average Bonchev–Trinajstić information content (AvgIpc) is 2.87. The highest BCUT2D eigenvalue weighted by atomic mass is 35.5. The molecule has 1 aliphatic rings. The molecular formula is C24H20ClN3O6S. The number of thioether (sulfide) groups is 1. The van der Waals surface area contributed by atoms with Gasteiger partial charge in [0.2, 0.25) is 11.8 Å². The quantitative estimate of drug-likeness (QED) is 0.425. The van der Waals surface area contributed by atoms with Crippen molar-refractivity contribution in [2.45, 2.75) is 5.92 Å². The molecule has 9 nitrogen and oxygen atoms in total. The minimum absolute atomic E-state index is 0.0927. The zero-order chi connectivity index (χ0) is 25.5. The van der Waals surface area contributed by atoms with Gasteiger partial charge in [0.1, 0.15) is 5.92 Å². The predicted molar refractivity (Wildman–Crippen MR) is 129 cm³/mol. The number of nitrogens with zero attached hydrogens (tertiary/aromatic N) is 1. The first-order valence-electron chi connectivity index (χ1n) is 10.2. The molecule has 2 N–H and O–H groups in total. The van der Waals surface area contributed by atoms with Crippen LogP contribution in [0.15, 0.2) is 59.1 Å². The van der Waals surface area contributed by atoms with Crippen LogP contribution in [-0.4, -0.2) is 43.7 Å². The van der Waals surface area contributed by atoms with Gasteiger partial charge in [-0.1, -0.05) is 35.5 Å². The molecular weight excluding hydrogens is 494 g/mol. The van der Waals surface area contributed by atoms with Crippen LogP contribution in [0, 0.1) is 17.2 Å². The van der Waals surface area contributed by atoms with Crippen LogP contribution in [0.3, 0.4) is 0 Å². The number of hydrogen-bond acceptors (Lipinski definition) is 8. The highest BCUT2D eigenvalue weighted by Gasteiger charge is 2.44. The summed E-state index contributed by atoms with van der Waals surface area (Å²) in [6.07, 6.45) is 0. The minimum Gasteiger partial charge on any atom is -0.468 e. The number of esters is 2. The van der Waals surface area contributed by atoms with Crippen LogP contribution in [0.25, 0.3) is 0 Å².